The maximum atomic E-state index is 12.6. The van der Waals surface area contributed by atoms with Crippen molar-refractivity contribution in [2.24, 2.45) is 0 Å². The first kappa shape index (κ1) is 16.1. The van der Waals surface area contributed by atoms with Gasteiger partial charge in [0, 0.05) is 36.4 Å². The van der Waals surface area contributed by atoms with E-state index >= 15 is 0 Å². The van der Waals surface area contributed by atoms with Crippen molar-refractivity contribution in [2.75, 3.05) is 7.05 Å². The molecule has 0 radical (unpaired) electrons. The standard InChI is InChI=1S/C20H19N5O/c1-13(16-11-21-17-6-4-3-5-15(16)17)25(2)19(26)8-7-14-9-18-20(22-10-14)24-12-23-18/h3-13,21H,1-2H3,(H,22,23,24). The van der Waals surface area contributed by atoms with Gasteiger partial charge in [0.1, 0.15) is 5.52 Å². The Morgan fingerprint density at radius 1 is 1.23 bits per heavy atom. The Labute approximate surface area is 150 Å². The van der Waals surface area contributed by atoms with E-state index in [4.69, 9.17) is 0 Å². The van der Waals surface area contributed by atoms with Crippen LogP contribution in [0.15, 0.2) is 55.1 Å². The lowest BCUT2D eigenvalue weighted by atomic mass is 10.1. The second-order valence-corrected chi connectivity index (χ2v) is 6.29. The smallest absolute Gasteiger partial charge is 0.246 e. The van der Waals surface area contributed by atoms with Gasteiger partial charge in [-0.2, -0.15) is 0 Å². The number of rotatable bonds is 4. The van der Waals surface area contributed by atoms with E-state index in [0.29, 0.717) is 0 Å². The first-order chi connectivity index (χ1) is 12.6. The minimum absolute atomic E-state index is 0.0461. The van der Waals surface area contributed by atoms with Crippen LogP contribution in [-0.4, -0.2) is 37.8 Å². The maximum absolute atomic E-state index is 12.6. The van der Waals surface area contributed by atoms with Gasteiger partial charge in [0.15, 0.2) is 5.65 Å². The lowest BCUT2D eigenvalue weighted by molar-refractivity contribution is -0.126. The van der Waals surface area contributed by atoms with Crippen LogP contribution in [0.4, 0.5) is 0 Å². The van der Waals surface area contributed by atoms with Crippen LogP contribution in [0.5, 0.6) is 0 Å². The molecule has 4 rings (SSSR count). The van der Waals surface area contributed by atoms with Crippen molar-refractivity contribution < 1.29 is 4.79 Å². The highest BCUT2D eigenvalue weighted by Gasteiger charge is 2.18. The Balaban J connectivity index is 1.53. The molecule has 0 spiro atoms. The third-order valence-corrected chi connectivity index (χ3v) is 4.71. The van der Waals surface area contributed by atoms with Gasteiger partial charge in [-0.05, 0) is 36.3 Å². The molecule has 0 aliphatic carbocycles. The van der Waals surface area contributed by atoms with E-state index in [9.17, 15) is 4.79 Å². The zero-order chi connectivity index (χ0) is 18.1. The maximum Gasteiger partial charge on any atom is 0.246 e. The summed E-state index contributed by atoms with van der Waals surface area (Å²) in [7, 11) is 1.81. The molecule has 0 fully saturated rings. The molecule has 3 aromatic heterocycles. The van der Waals surface area contributed by atoms with Gasteiger partial charge in [0.25, 0.3) is 0 Å². The van der Waals surface area contributed by atoms with Gasteiger partial charge in [-0.25, -0.2) is 9.97 Å². The molecule has 0 saturated carbocycles. The molecule has 1 atom stereocenters. The van der Waals surface area contributed by atoms with Crippen molar-refractivity contribution in [3.8, 4) is 0 Å². The Morgan fingerprint density at radius 2 is 2.08 bits per heavy atom. The average Bonchev–Trinajstić information content (AvgIpc) is 3.31. The molecule has 130 valence electrons. The zero-order valence-electron chi connectivity index (χ0n) is 14.6. The van der Waals surface area contributed by atoms with Crippen LogP contribution >= 0.6 is 0 Å². The minimum Gasteiger partial charge on any atom is -0.361 e. The first-order valence-corrected chi connectivity index (χ1v) is 8.43. The van der Waals surface area contributed by atoms with Crippen LogP contribution in [0.1, 0.15) is 24.1 Å². The van der Waals surface area contributed by atoms with Crippen molar-refractivity contribution in [2.45, 2.75) is 13.0 Å². The van der Waals surface area contributed by atoms with Crippen LogP contribution in [-0.2, 0) is 4.79 Å². The van der Waals surface area contributed by atoms with Crippen molar-refractivity contribution >= 4 is 34.1 Å². The normalized spacial score (nSPS) is 12.8. The number of hydrogen-bond donors (Lipinski definition) is 2. The first-order valence-electron chi connectivity index (χ1n) is 8.43. The van der Waals surface area contributed by atoms with Gasteiger partial charge >= 0.3 is 0 Å². The van der Waals surface area contributed by atoms with E-state index in [1.54, 1.807) is 29.6 Å². The summed E-state index contributed by atoms with van der Waals surface area (Å²) in [6, 6.07) is 9.95. The molecule has 1 aromatic carbocycles. The largest absolute Gasteiger partial charge is 0.361 e. The van der Waals surface area contributed by atoms with E-state index in [1.165, 1.54) is 0 Å². The van der Waals surface area contributed by atoms with Crippen molar-refractivity contribution in [3.05, 3.63) is 66.3 Å². The zero-order valence-corrected chi connectivity index (χ0v) is 14.6. The molecule has 0 saturated heterocycles. The fourth-order valence-corrected chi connectivity index (χ4v) is 3.06. The van der Waals surface area contributed by atoms with E-state index in [1.807, 2.05) is 44.4 Å². The molecule has 1 unspecified atom stereocenters. The number of nitrogens with one attached hydrogen (secondary N) is 2. The summed E-state index contributed by atoms with van der Waals surface area (Å²) >= 11 is 0. The number of carbonyl (C=O) groups is 1. The van der Waals surface area contributed by atoms with E-state index in [2.05, 4.69) is 26.0 Å². The molecule has 3 heterocycles. The average molecular weight is 345 g/mol. The molecule has 0 aliphatic rings. The Morgan fingerprint density at radius 3 is 2.96 bits per heavy atom. The number of aromatic nitrogens is 4. The van der Waals surface area contributed by atoms with Crippen LogP contribution in [0.3, 0.4) is 0 Å². The van der Waals surface area contributed by atoms with Gasteiger partial charge in [0.05, 0.1) is 12.4 Å². The lowest BCUT2D eigenvalue weighted by Gasteiger charge is -2.23. The van der Waals surface area contributed by atoms with E-state index < -0.39 is 0 Å². The Bertz CT molecular complexity index is 1110. The molecule has 6 heteroatoms. The predicted octanol–water partition coefficient (Wildman–Crippen LogP) is 3.67. The van der Waals surface area contributed by atoms with Crippen molar-refractivity contribution in [1.29, 1.82) is 0 Å². The van der Waals surface area contributed by atoms with Crippen LogP contribution < -0.4 is 0 Å². The SMILES string of the molecule is CC(c1c[nH]c2ccccc12)N(C)C(=O)C=Cc1cnc2[nH]cnc2c1. The highest BCUT2D eigenvalue weighted by molar-refractivity contribution is 5.93. The third kappa shape index (κ3) is 2.86. The number of para-hydroxylation sites is 1. The van der Waals surface area contributed by atoms with Gasteiger partial charge in [0.2, 0.25) is 5.91 Å². The number of amides is 1. The van der Waals surface area contributed by atoms with Gasteiger partial charge in [-0.1, -0.05) is 18.2 Å². The highest BCUT2D eigenvalue weighted by atomic mass is 16.2. The number of benzene rings is 1. The Kier molecular flexibility index (Phi) is 4.01. The molecule has 2 N–H and O–H groups in total. The van der Waals surface area contributed by atoms with E-state index in [0.717, 1.165) is 33.2 Å². The second-order valence-electron chi connectivity index (χ2n) is 6.29. The topological polar surface area (TPSA) is 77.7 Å². The lowest BCUT2D eigenvalue weighted by Crippen LogP contribution is -2.27. The van der Waals surface area contributed by atoms with E-state index in [-0.39, 0.29) is 11.9 Å². The van der Waals surface area contributed by atoms with Crippen LogP contribution in [0, 0.1) is 0 Å². The molecule has 0 bridgehead atoms. The number of hydrogen-bond acceptors (Lipinski definition) is 3. The molecule has 26 heavy (non-hydrogen) atoms. The number of aromatic amines is 2. The van der Waals surface area contributed by atoms with Gasteiger partial charge in [-0.3, -0.25) is 4.79 Å². The summed E-state index contributed by atoms with van der Waals surface area (Å²) in [5.41, 5.74) is 4.53. The second kappa shape index (κ2) is 6.48. The number of imidazole rings is 1. The van der Waals surface area contributed by atoms with Gasteiger partial charge < -0.3 is 14.9 Å². The summed E-state index contributed by atoms with van der Waals surface area (Å²) in [6.07, 6.45) is 8.63. The van der Waals surface area contributed by atoms with Crippen molar-refractivity contribution in [3.63, 3.8) is 0 Å². The fraction of sp³-hybridized carbons (Fsp3) is 0.150. The summed E-state index contributed by atoms with van der Waals surface area (Å²) in [5, 5.41) is 1.14. The highest BCUT2D eigenvalue weighted by Crippen LogP contribution is 2.27. The summed E-state index contributed by atoms with van der Waals surface area (Å²) in [4.78, 5) is 29.0. The van der Waals surface area contributed by atoms with Crippen molar-refractivity contribution in [1.82, 2.24) is 24.8 Å². The quantitative estimate of drug-likeness (QED) is 0.554. The number of nitrogens with zero attached hydrogens (tertiary/aromatic N) is 3. The predicted molar refractivity (Wildman–Crippen MR) is 102 cm³/mol. The Hall–Kier alpha value is -3.41. The number of H-pyrrole nitrogens is 2. The number of carbonyl (C=O) groups excluding carboxylic acids is 1. The minimum atomic E-state index is -0.0649. The third-order valence-electron chi connectivity index (χ3n) is 4.71. The van der Waals surface area contributed by atoms with Crippen LogP contribution in [0.2, 0.25) is 0 Å². The fourth-order valence-electron chi connectivity index (χ4n) is 3.06. The molecular weight excluding hydrogens is 326 g/mol. The number of pyridine rings is 1. The molecule has 6 nitrogen and oxygen atoms in total. The molecule has 4 aromatic rings. The van der Waals surface area contributed by atoms with Gasteiger partial charge in [-0.15, -0.1) is 0 Å². The molecule has 0 aliphatic heterocycles. The summed E-state index contributed by atoms with van der Waals surface area (Å²) in [5.74, 6) is -0.0649. The molecule has 1 amide bonds. The number of likely N-dealkylation sites (N-methyl/N-ethyl adjacent to an activating group) is 1. The summed E-state index contributed by atoms with van der Waals surface area (Å²) < 4.78 is 0. The summed E-state index contributed by atoms with van der Waals surface area (Å²) in [6.45, 7) is 2.03. The van der Waals surface area contributed by atoms with Crippen LogP contribution in [0.25, 0.3) is 28.1 Å². The monoisotopic (exact) mass is 345 g/mol. The number of fused-ring (bicyclic) bond motifs is 2. The molecular formula is C20H19N5O.